The maximum atomic E-state index is 12.0. The second-order valence-electron chi connectivity index (χ2n) is 5.14. The fourth-order valence-corrected chi connectivity index (χ4v) is 2.21. The normalized spacial score (nSPS) is 10.1. The monoisotopic (exact) mass is 299 g/mol. The molecule has 0 aliphatic carbocycles. The number of hydrogen-bond donors (Lipinski definition) is 1. The second kappa shape index (κ2) is 7.50. The molecule has 2 aromatic rings. The Labute approximate surface area is 131 Å². The van der Waals surface area contributed by atoms with Gasteiger partial charge in [-0.15, -0.1) is 0 Å². The third-order valence-electron chi connectivity index (χ3n) is 3.35. The Bertz CT molecular complexity index is 630. The first kappa shape index (κ1) is 15.9. The van der Waals surface area contributed by atoms with Crippen LogP contribution in [0.3, 0.4) is 0 Å². The lowest BCUT2D eigenvalue weighted by Gasteiger charge is -2.09. The molecule has 0 aliphatic rings. The first-order valence-corrected chi connectivity index (χ1v) is 7.19. The molecule has 0 saturated carbocycles. The van der Waals surface area contributed by atoms with Gasteiger partial charge in [-0.05, 0) is 48.7 Å². The largest absolute Gasteiger partial charge is 0.497 e. The molecule has 4 heteroatoms. The Kier molecular flexibility index (Phi) is 5.42. The van der Waals surface area contributed by atoms with Crippen LogP contribution < -0.4 is 14.8 Å². The van der Waals surface area contributed by atoms with E-state index >= 15 is 0 Å². The van der Waals surface area contributed by atoms with Gasteiger partial charge in [0.05, 0.1) is 14.2 Å². The van der Waals surface area contributed by atoms with Crippen molar-refractivity contribution in [2.45, 2.75) is 19.8 Å². The molecule has 2 rings (SSSR count). The summed E-state index contributed by atoms with van der Waals surface area (Å²) in [6.07, 6.45) is 1.04. The van der Waals surface area contributed by atoms with Crippen LogP contribution in [0.1, 0.15) is 17.5 Å². The van der Waals surface area contributed by atoms with Crippen molar-refractivity contribution >= 4 is 11.6 Å². The van der Waals surface area contributed by atoms with E-state index in [-0.39, 0.29) is 5.91 Å². The Balaban J connectivity index is 1.96. The van der Waals surface area contributed by atoms with Crippen molar-refractivity contribution in [2.24, 2.45) is 0 Å². The van der Waals surface area contributed by atoms with Gasteiger partial charge in [-0.3, -0.25) is 4.79 Å². The van der Waals surface area contributed by atoms with Crippen molar-refractivity contribution in [1.29, 1.82) is 0 Å². The zero-order valence-corrected chi connectivity index (χ0v) is 13.2. The highest BCUT2D eigenvalue weighted by Crippen LogP contribution is 2.23. The number of ether oxygens (including phenoxy) is 2. The highest BCUT2D eigenvalue weighted by atomic mass is 16.5. The highest BCUT2D eigenvalue weighted by Gasteiger charge is 2.06. The van der Waals surface area contributed by atoms with E-state index in [4.69, 9.17) is 9.47 Å². The third kappa shape index (κ3) is 4.52. The predicted octanol–water partition coefficient (Wildman–Crippen LogP) is 3.58. The first-order chi connectivity index (χ1) is 10.6. The van der Waals surface area contributed by atoms with Crippen molar-refractivity contribution in [3.63, 3.8) is 0 Å². The van der Waals surface area contributed by atoms with E-state index in [1.54, 1.807) is 14.2 Å². The van der Waals surface area contributed by atoms with E-state index in [9.17, 15) is 4.79 Å². The lowest BCUT2D eigenvalue weighted by atomic mass is 10.1. The highest BCUT2D eigenvalue weighted by molar-refractivity contribution is 5.90. The first-order valence-electron chi connectivity index (χ1n) is 7.19. The van der Waals surface area contributed by atoms with Crippen LogP contribution in [-0.2, 0) is 11.2 Å². The molecule has 1 amide bonds. The SMILES string of the molecule is COc1cc(CCC(=O)Nc2cccc(C)c2)cc(OC)c1. The molecule has 0 bridgehead atoms. The smallest absolute Gasteiger partial charge is 0.224 e. The summed E-state index contributed by atoms with van der Waals surface area (Å²) in [6, 6.07) is 13.4. The molecule has 116 valence electrons. The third-order valence-corrected chi connectivity index (χ3v) is 3.35. The number of nitrogens with one attached hydrogen (secondary N) is 1. The minimum atomic E-state index is -0.00705. The maximum Gasteiger partial charge on any atom is 0.224 e. The van der Waals surface area contributed by atoms with Gasteiger partial charge in [0.15, 0.2) is 0 Å². The fraction of sp³-hybridized carbons (Fsp3) is 0.278. The summed E-state index contributed by atoms with van der Waals surface area (Å²) in [5.41, 5.74) is 2.96. The number of benzene rings is 2. The maximum absolute atomic E-state index is 12.0. The van der Waals surface area contributed by atoms with Crippen molar-refractivity contribution in [2.75, 3.05) is 19.5 Å². The lowest BCUT2D eigenvalue weighted by Crippen LogP contribution is -2.12. The summed E-state index contributed by atoms with van der Waals surface area (Å²) in [7, 11) is 3.23. The van der Waals surface area contributed by atoms with Gasteiger partial charge in [-0.2, -0.15) is 0 Å². The quantitative estimate of drug-likeness (QED) is 0.887. The Morgan fingerprint density at radius 1 is 1.05 bits per heavy atom. The van der Waals surface area contributed by atoms with Crippen LogP contribution in [0.15, 0.2) is 42.5 Å². The van der Waals surface area contributed by atoms with Crippen molar-refractivity contribution in [1.82, 2.24) is 0 Å². The lowest BCUT2D eigenvalue weighted by molar-refractivity contribution is -0.116. The fourth-order valence-electron chi connectivity index (χ4n) is 2.21. The van der Waals surface area contributed by atoms with Gasteiger partial charge in [0.2, 0.25) is 5.91 Å². The molecule has 0 radical (unpaired) electrons. The molecule has 0 atom stereocenters. The van der Waals surface area contributed by atoms with Crippen molar-refractivity contribution in [3.05, 3.63) is 53.6 Å². The molecule has 22 heavy (non-hydrogen) atoms. The zero-order chi connectivity index (χ0) is 15.9. The molecule has 0 fully saturated rings. The van der Waals surface area contributed by atoms with Crippen LogP contribution >= 0.6 is 0 Å². The van der Waals surface area contributed by atoms with Crippen LogP contribution in [-0.4, -0.2) is 20.1 Å². The molecular formula is C18H21NO3. The number of carbonyl (C=O) groups is 1. The molecular weight excluding hydrogens is 278 g/mol. The van der Waals surface area contributed by atoms with Crippen LogP contribution in [0.4, 0.5) is 5.69 Å². The average Bonchev–Trinajstić information content (AvgIpc) is 2.52. The van der Waals surface area contributed by atoms with E-state index < -0.39 is 0 Å². The minimum absolute atomic E-state index is 0.00705. The van der Waals surface area contributed by atoms with E-state index in [1.165, 1.54) is 0 Å². The van der Waals surface area contributed by atoms with Crippen LogP contribution in [0, 0.1) is 6.92 Å². The van der Waals surface area contributed by atoms with Crippen molar-refractivity contribution in [3.8, 4) is 11.5 Å². The minimum Gasteiger partial charge on any atom is -0.497 e. The standard InChI is InChI=1S/C18H21NO3/c1-13-5-4-6-15(9-13)19-18(20)8-7-14-10-16(21-2)12-17(11-14)22-3/h4-6,9-12H,7-8H2,1-3H3,(H,19,20). The van der Waals surface area contributed by atoms with Gasteiger partial charge in [0, 0.05) is 18.2 Å². The summed E-state index contributed by atoms with van der Waals surface area (Å²) in [6.45, 7) is 2.00. The summed E-state index contributed by atoms with van der Waals surface area (Å²) in [5, 5.41) is 2.91. The topological polar surface area (TPSA) is 47.6 Å². The molecule has 4 nitrogen and oxygen atoms in total. The van der Waals surface area contributed by atoms with Crippen LogP contribution in [0.25, 0.3) is 0 Å². The summed E-state index contributed by atoms with van der Waals surface area (Å²) in [4.78, 5) is 12.0. The molecule has 0 aromatic heterocycles. The second-order valence-corrected chi connectivity index (χ2v) is 5.14. The molecule has 0 spiro atoms. The summed E-state index contributed by atoms with van der Waals surface area (Å²) >= 11 is 0. The van der Waals surface area contributed by atoms with Gasteiger partial charge in [0.25, 0.3) is 0 Å². The number of hydrogen-bond acceptors (Lipinski definition) is 3. The van der Waals surface area contributed by atoms with Crippen molar-refractivity contribution < 1.29 is 14.3 Å². The predicted molar refractivity (Wildman–Crippen MR) is 87.7 cm³/mol. The number of amides is 1. The summed E-state index contributed by atoms with van der Waals surface area (Å²) in [5.74, 6) is 1.45. The van der Waals surface area contributed by atoms with Gasteiger partial charge >= 0.3 is 0 Å². The Hall–Kier alpha value is -2.49. The molecule has 0 aliphatic heterocycles. The number of aryl methyl sites for hydroxylation is 2. The molecule has 0 saturated heterocycles. The number of anilines is 1. The van der Waals surface area contributed by atoms with Crippen LogP contribution in [0.5, 0.6) is 11.5 Å². The number of rotatable bonds is 6. The molecule has 0 unspecified atom stereocenters. The van der Waals surface area contributed by atoms with E-state index in [0.29, 0.717) is 12.8 Å². The zero-order valence-electron chi connectivity index (χ0n) is 13.2. The van der Waals surface area contributed by atoms with E-state index in [0.717, 1.165) is 28.3 Å². The Morgan fingerprint density at radius 3 is 2.32 bits per heavy atom. The average molecular weight is 299 g/mol. The van der Waals surface area contributed by atoms with E-state index in [2.05, 4.69) is 5.32 Å². The summed E-state index contributed by atoms with van der Waals surface area (Å²) < 4.78 is 10.5. The van der Waals surface area contributed by atoms with Gasteiger partial charge in [-0.25, -0.2) is 0 Å². The Morgan fingerprint density at radius 2 is 1.73 bits per heavy atom. The number of methoxy groups -OCH3 is 2. The van der Waals surface area contributed by atoms with Gasteiger partial charge < -0.3 is 14.8 Å². The van der Waals surface area contributed by atoms with E-state index in [1.807, 2.05) is 49.4 Å². The molecule has 1 N–H and O–H groups in total. The van der Waals surface area contributed by atoms with Gasteiger partial charge in [0.1, 0.15) is 11.5 Å². The number of carbonyl (C=O) groups excluding carboxylic acids is 1. The molecule has 2 aromatic carbocycles. The van der Waals surface area contributed by atoms with Gasteiger partial charge in [-0.1, -0.05) is 12.1 Å². The molecule has 0 heterocycles. The van der Waals surface area contributed by atoms with Crippen LogP contribution in [0.2, 0.25) is 0 Å².